The molecule has 154 valence electrons. The lowest BCUT2D eigenvalue weighted by atomic mass is 9.75. The number of hydrogen-bond donors (Lipinski definition) is 0. The van der Waals surface area contributed by atoms with E-state index in [0.717, 1.165) is 44.1 Å². The second-order valence-corrected chi connectivity index (χ2v) is 7.79. The average Bonchev–Trinajstić information content (AvgIpc) is 3.03. The molecule has 0 N–H and O–H groups in total. The minimum absolute atomic E-state index is 0.0354. The van der Waals surface area contributed by atoms with Crippen molar-refractivity contribution in [2.45, 2.75) is 18.8 Å². The largest absolute Gasteiger partial charge is 0.467 e. The van der Waals surface area contributed by atoms with E-state index in [1.165, 1.54) is 0 Å². The SMILES string of the molecule is CCOC(=O)CC1(COC=O)c2cc3ccccc3cc2-c2nc3ccccc3cc21. The van der Waals surface area contributed by atoms with Crippen molar-refractivity contribution >= 4 is 34.1 Å². The molecule has 0 saturated heterocycles. The first kappa shape index (κ1) is 19.2. The highest BCUT2D eigenvalue weighted by Crippen LogP contribution is 2.52. The van der Waals surface area contributed by atoms with Crippen LogP contribution in [-0.4, -0.2) is 30.6 Å². The lowest BCUT2D eigenvalue weighted by Gasteiger charge is -2.30. The highest BCUT2D eigenvalue weighted by Gasteiger charge is 2.47. The fourth-order valence-corrected chi connectivity index (χ4v) is 4.69. The first-order chi connectivity index (χ1) is 15.2. The van der Waals surface area contributed by atoms with Crippen molar-refractivity contribution in [3.63, 3.8) is 0 Å². The van der Waals surface area contributed by atoms with Gasteiger partial charge in [-0.15, -0.1) is 0 Å². The molecule has 0 aliphatic heterocycles. The first-order valence-electron chi connectivity index (χ1n) is 10.3. The number of carbonyl (C=O) groups excluding carboxylic acids is 2. The summed E-state index contributed by atoms with van der Waals surface area (Å²) in [5.74, 6) is -0.336. The average molecular weight is 411 g/mol. The van der Waals surface area contributed by atoms with Gasteiger partial charge in [-0.25, -0.2) is 4.98 Å². The minimum Gasteiger partial charge on any atom is -0.467 e. The van der Waals surface area contributed by atoms with Crippen LogP contribution in [0.25, 0.3) is 32.9 Å². The van der Waals surface area contributed by atoms with Crippen molar-refractivity contribution in [2.75, 3.05) is 13.2 Å². The normalized spacial score (nSPS) is 16.7. The van der Waals surface area contributed by atoms with Crippen molar-refractivity contribution in [3.05, 3.63) is 77.9 Å². The van der Waals surface area contributed by atoms with Crippen LogP contribution in [-0.2, 0) is 24.5 Å². The summed E-state index contributed by atoms with van der Waals surface area (Å²) in [5, 5.41) is 3.11. The fraction of sp³-hybridized carbons (Fsp3) is 0.192. The number of fused-ring (bicyclic) bond motifs is 5. The standard InChI is InChI=1S/C26H21NO4/c1-2-31-24(29)14-26(15-30-16-28)21-12-18-8-4-3-7-17(18)11-20(21)25-22(26)13-19-9-5-6-10-23(19)27-25/h3-13,16H,2,14-15H2,1H3. The Labute approximate surface area is 179 Å². The molecule has 3 aromatic carbocycles. The molecule has 0 fully saturated rings. The van der Waals surface area contributed by atoms with E-state index >= 15 is 0 Å². The lowest BCUT2D eigenvalue weighted by molar-refractivity contribution is -0.146. The molecule has 0 radical (unpaired) electrons. The molecule has 1 unspecified atom stereocenters. The first-order valence-corrected chi connectivity index (χ1v) is 10.3. The molecule has 1 atom stereocenters. The van der Waals surface area contributed by atoms with Gasteiger partial charge in [0.25, 0.3) is 6.47 Å². The monoisotopic (exact) mass is 411 g/mol. The van der Waals surface area contributed by atoms with Crippen LogP contribution in [0.2, 0.25) is 0 Å². The zero-order valence-electron chi connectivity index (χ0n) is 17.1. The van der Waals surface area contributed by atoms with Crippen LogP contribution in [0.1, 0.15) is 24.5 Å². The zero-order chi connectivity index (χ0) is 21.4. The second kappa shape index (κ2) is 7.51. The summed E-state index contributed by atoms with van der Waals surface area (Å²) in [6.07, 6.45) is 0.0625. The second-order valence-electron chi connectivity index (χ2n) is 7.79. The van der Waals surface area contributed by atoms with E-state index in [1.54, 1.807) is 6.92 Å². The Hall–Kier alpha value is -3.73. The van der Waals surface area contributed by atoms with Crippen molar-refractivity contribution in [1.29, 1.82) is 0 Å². The Balaban J connectivity index is 1.84. The molecular formula is C26H21NO4. The number of esters is 1. The van der Waals surface area contributed by atoms with Gasteiger partial charge in [0.15, 0.2) is 0 Å². The molecule has 0 spiro atoms. The Kier molecular flexibility index (Phi) is 4.66. The van der Waals surface area contributed by atoms with Gasteiger partial charge in [-0.05, 0) is 53.1 Å². The lowest BCUT2D eigenvalue weighted by Crippen LogP contribution is -2.34. The van der Waals surface area contributed by atoms with Crippen LogP contribution in [0.3, 0.4) is 0 Å². The summed E-state index contributed by atoms with van der Waals surface area (Å²) in [5.41, 5.74) is 3.60. The van der Waals surface area contributed by atoms with Gasteiger partial charge in [-0.1, -0.05) is 42.5 Å². The molecule has 0 bridgehead atoms. The molecule has 1 aromatic heterocycles. The summed E-state index contributed by atoms with van der Waals surface area (Å²) >= 11 is 0. The van der Waals surface area contributed by atoms with Crippen molar-refractivity contribution in [2.24, 2.45) is 0 Å². The molecule has 1 aliphatic rings. The molecule has 31 heavy (non-hydrogen) atoms. The minimum atomic E-state index is -0.862. The van der Waals surface area contributed by atoms with E-state index < -0.39 is 5.41 Å². The van der Waals surface area contributed by atoms with E-state index in [9.17, 15) is 9.59 Å². The third-order valence-corrected chi connectivity index (χ3v) is 6.05. The number of rotatable bonds is 6. The quantitative estimate of drug-likeness (QED) is 0.337. The highest BCUT2D eigenvalue weighted by molar-refractivity contribution is 5.96. The number of pyridine rings is 1. The number of ether oxygens (including phenoxy) is 2. The van der Waals surface area contributed by atoms with Crippen molar-refractivity contribution < 1.29 is 19.1 Å². The predicted octanol–water partition coefficient (Wildman–Crippen LogP) is 4.78. The van der Waals surface area contributed by atoms with Gasteiger partial charge in [0.05, 0.1) is 29.7 Å². The van der Waals surface area contributed by atoms with Gasteiger partial charge in [-0.2, -0.15) is 0 Å². The Morgan fingerprint density at radius 1 is 0.968 bits per heavy atom. The third kappa shape index (κ3) is 3.05. The van der Waals surface area contributed by atoms with E-state index in [1.807, 2.05) is 42.5 Å². The van der Waals surface area contributed by atoms with E-state index in [4.69, 9.17) is 14.5 Å². The summed E-state index contributed by atoms with van der Waals surface area (Å²) in [6, 6.07) is 22.2. The molecule has 5 heteroatoms. The Morgan fingerprint density at radius 2 is 1.65 bits per heavy atom. The third-order valence-electron chi connectivity index (χ3n) is 6.05. The summed E-state index contributed by atoms with van der Waals surface area (Å²) in [4.78, 5) is 28.9. The molecule has 1 heterocycles. The molecular weight excluding hydrogens is 390 g/mol. The number of benzene rings is 3. The number of carbonyl (C=O) groups is 2. The maximum atomic E-state index is 12.7. The Morgan fingerprint density at radius 3 is 2.39 bits per heavy atom. The number of aromatic nitrogens is 1. The van der Waals surface area contributed by atoms with E-state index in [2.05, 4.69) is 24.3 Å². The summed E-state index contributed by atoms with van der Waals surface area (Å²) in [7, 11) is 0. The summed E-state index contributed by atoms with van der Waals surface area (Å²) < 4.78 is 10.6. The maximum absolute atomic E-state index is 12.7. The van der Waals surface area contributed by atoms with Crippen LogP contribution >= 0.6 is 0 Å². The number of nitrogens with zero attached hydrogens (tertiary/aromatic N) is 1. The zero-order valence-corrected chi connectivity index (χ0v) is 17.1. The molecule has 5 rings (SSSR count). The predicted molar refractivity (Wildman–Crippen MR) is 119 cm³/mol. The smallest absolute Gasteiger partial charge is 0.307 e. The van der Waals surface area contributed by atoms with Crippen molar-refractivity contribution in [3.8, 4) is 11.3 Å². The topological polar surface area (TPSA) is 65.5 Å². The van der Waals surface area contributed by atoms with Crippen LogP contribution in [0.4, 0.5) is 0 Å². The highest BCUT2D eigenvalue weighted by atomic mass is 16.5. The van der Waals surface area contributed by atoms with Gasteiger partial charge in [0, 0.05) is 10.9 Å². The summed E-state index contributed by atoms with van der Waals surface area (Å²) in [6.45, 7) is 2.54. The molecule has 1 aliphatic carbocycles. The fourth-order valence-electron chi connectivity index (χ4n) is 4.69. The van der Waals surface area contributed by atoms with Gasteiger partial charge in [-0.3, -0.25) is 9.59 Å². The van der Waals surface area contributed by atoms with Crippen LogP contribution < -0.4 is 0 Å². The van der Waals surface area contributed by atoms with Crippen LogP contribution in [0.5, 0.6) is 0 Å². The number of para-hydroxylation sites is 1. The van der Waals surface area contributed by atoms with Crippen LogP contribution in [0, 0.1) is 0 Å². The van der Waals surface area contributed by atoms with Gasteiger partial charge < -0.3 is 9.47 Å². The molecule has 0 saturated carbocycles. The van der Waals surface area contributed by atoms with Crippen molar-refractivity contribution in [1.82, 2.24) is 4.98 Å². The van der Waals surface area contributed by atoms with Gasteiger partial charge in [0.1, 0.15) is 6.61 Å². The maximum Gasteiger partial charge on any atom is 0.307 e. The van der Waals surface area contributed by atoms with Crippen LogP contribution in [0.15, 0.2) is 66.7 Å². The van der Waals surface area contributed by atoms with E-state index in [-0.39, 0.29) is 25.6 Å². The number of hydrogen-bond acceptors (Lipinski definition) is 5. The molecule has 4 aromatic rings. The van der Waals surface area contributed by atoms with E-state index in [0.29, 0.717) is 6.47 Å². The molecule has 0 amide bonds. The molecule has 5 nitrogen and oxygen atoms in total. The van der Waals surface area contributed by atoms with Gasteiger partial charge in [0.2, 0.25) is 0 Å². The Bertz CT molecular complexity index is 1240. The van der Waals surface area contributed by atoms with Gasteiger partial charge >= 0.3 is 5.97 Å².